The van der Waals surface area contributed by atoms with Crippen LogP contribution in [0, 0.1) is 0 Å². The number of rotatable bonds is 6. The van der Waals surface area contributed by atoms with Crippen molar-refractivity contribution in [3.05, 3.63) is 53.3 Å². The van der Waals surface area contributed by atoms with Gasteiger partial charge in [0.25, 0.3) is 0 Å². The average Bonchev–Trinajstić information content (AvgIpc) is 3.22. The Morgan fingerprint density at radius 2 is 1.75 bits per heavy atom. The van der Waals surface area contributed by atoms with Crippen LogP contribution in [0.3, 0.4) is 0 Å². The van der Waals surface area contributed by atoms with Gasteiger partial charge < -0.3 is 18.9 Å². The van der Waals surface area contributed by atoms with Crippen LogP contribution in [0.5, 0.6) is 17.4 Å². The van der Waals surface area contributed by atoms with E-state index in [9.17, 15) is 0 Å². The molecule has 1 fully saturated rings. The van der Waals surface area contributed by atoms with Crippen LogP contribution < -0.4 is 14.2 Å². The SMILES string of the molecule is COc1cc2nc(Cl)nc(OCC3CN(C(C)(C)C)C(c4ccccc4)O3)c2cc1OC. The molecule has 0 amide bonds. The van der Waals surface area contributed by atoms with Crippen molar-refractivity contribution in [1.82, 2.24) is 14.9 Å². The van der Waals surface area contributed by atoms with Gasteiger partial charge in [-0.3, -0.25) is 4.90 Å². The highest BCUT2D eigenvalue weighted by atomic mass is 35.5. The van der Waals surface area contributed by atoms with Crippen molar-refractivity contribution >= 4 is 22.5 Å². The van der Waals surface area contributed by atoms with Gasteiger partial charge in [-0.1, -0.05) is 30.3 Å². The minimum absolute atomic E-state index is 0.0654. The molecule has 2 aromatic carbocycles. The van der Waals surface area contributed by atoms with Gasteiger partial charge in [0.05, 0.1) is 25.1 Å². The lowest BCUT2D eigenvalue weighted by Crippen LogP contribution is -2.42. The van der Waals surface area contributed by atoms with Crippen LogP contribution in [0.25, 0.3) is 10.9 Å². The van der Waals surface area contributed by atoms with E-state index < -0.39 is 0 Å². The molecule has 3 aromatic rings. The molecule has 1 aromatic heterocycles. The first-order valence-corrected chi connectivity index (χ1v) is 10.9. The molecule has 7 nitrogen and oxygen atoms in total. The summed E-state index contributed by atoms with van der Waals surface area (Å²) in [5.74, 6) is 1.51. The molecule has 2 atom stereocenters. The molecular weight excluding hydrogens is 430 g/mol. The molecule has 2 unspecified atom stereocenters. The van der Waals surface area contributed by atoms with Crippen molar-refractivity contribution in [2.75, 3.05) is 27.4 Å². The summed E-state index contributed by atoms with van der Waals surface area (Å²) in [6.07, 6.45) is -0.275. The van der Waals surface area contributed by atoms with E-state index in [0.29, 0.717) is 34.9 Å². The fourth-order valence-corrected chi connectivity index (χ4v) is 4.06. The molecule has 2 heterocycles. The zero-order valence-electron chi connectivity index (χ0n) is 19.0. The number of benzene rings is 2. The lowest BCUT2D eigenvalue weighted by atomic mass is 10.0. The standard InChI is InChI=1S/C24H28ClN3O4/c1-24(2,3)28-13-16(32-22(28)15-9-7-6-8-10-15)14-31-21-17-11-19(29-4)20(30-5)12-18(17)26-23(25)27-21/h6-12,16,22H,13-14H2,1-5H3. The van der Waals surface area contributed by atoms with Crippen molar-refractivity contribution in [1.29, 1.82) is 0 Å². The fraction of sp³-hybridized carbons (Fsp3) is 0.417. The second kappa shape index (κ2) is 9.10. The number of aromatic nitrogens is 2. The maximum atomic E-state index is 6.41. The van der Waals surface area contributed by atoms with Gasteiger partial charge in [-0.05, 0) is 44.0 Å². The lowest BCUT2D eigenvalue weighted by molar-refractivity contribution is -0.0400. The molecule has 0 bridgehead atoms. The lowest BCUT2D eigenvalue weighted by Gasteiger charge is -2.35. The maximum absolute atomic E-state index is 6.41. The van der Waals surface area contributed by atoms with E-state index in [4.69, 9.17) is 30.5 Å². The third-order valence-electron chi connectivity index (χ3n) is 5.50. The van der Waals surface area contributed by atoms with E-state index in [2.05, 4.69) is 47.8 Å². The molecule has 0 spiro atoms. The largest absolute Gasteiger partial charge is 0.493 e. The van der Waals surface area contributed by atoms with Gasteiger partial charge in [-0.15, -0.1) is 0 Å². The summed E-state index contributed by atoms with van der Waals surface area (Å²) in [6.45, 7) is 7.62. The van der Waals surface area contributed by atoms with Gasteiger partial charge in [0, 0.05) is 18.2 Å². The molecule has 1 aliphatic rings. The second-order valence-electron chi connectivity index (χ2n) is 8.68. The molecule has 32 heavy (non-hydrogen) atoms. The molecular formula is C24H28ClN3O4. The van der Waals surface area contributed by atoms with Gasteiger partial charge >= 0.3 is 0 Å². The van der Waals surface area contributed by atoms with Crippen LogP contribution >= 0.6 is 11.6 Å². The van der Waals surface area contributed by atoms with Crippen molar-refractivity contribution in [2.45, 2.75) is 38.6 Å². The van der Waals surface area contributed by atoms with Crippen LogP contribution in [-0.4, -0.2) is 53.9 Å². The monoisotopic (exact) mass is 457 g/mol. The van der Waals surface area contributed by atoms with Gasteiger partial charge in [0.2, 0.25) is 11.2 Å². The Morgan fingerprint density at radius 3 is 2.41 bits per heavy atom. The number of fused-ring (bicyclic) bond motifs is 1. The van der Waals surface area contributed by atoms with Crippen molar-refractivity contribution in [3.63, 3.8) is 0 Å². The summed E-state index contributed by atoms with van der Waals surface area (Å²) in [5, 5.41) is 0.794. The summed E-state index contributed by atoms with van der Waals surface area (Å²) < 4.78 is 23.3. The molecule has 8 heteroatoms. The van der Waals surface area contributed by atoms with Gasteiger partial charge in [-0.25, -0.2) is 4.98 Å². The summed E-state index contributed by atoms with van der Waals surface area (Å²) in [7, 11) is 3.16. The molecule has 1 aliphatic heterocycles. The Balaban J connectivity index is 1.58. The van der Waals surface area contributed by atoms with Crippen molar-refractivity contribution in [3.8, 4) is 17.4 Å². The Bertz CT molecular complexity index is 1090. The molecule has 0 aliphatic carbocycles. The average molecular weight is 458 g/mol. The number of ether oxygens (including phenoxy) is 4. The number of methoxy groups -OCH3 is 2. The Morgan fingerprint density at radius 1 is 1.06 bits per heavy atom. The van der Waals surface area contributed by atoms with E-state index in [-0.39, 0.29) is 23.2 Å². The van der Waals surface area contributed by atoms with E-state index in [1.807, 2.05) is 18.2 Å². The van der Waals surface area contributed by atoms with Crippen molar-refractivity contribution in [2.24, 2.45) is 0 Å². The highest BCUT2D eigenvalue weighted by Gasteiger charge is 2.40. The zero-order chi connectivity index (χ0) is 22.9. The van der Waals surface area contributed by atoms with Crippen LogP contribution in [0.4, 0.5) is 0 Å². The highest BCUT2D eigenvalue weighted by molar-refractivity contribution is 6.28. The normalized spacial score (nSPS) is 19.3. The third-order valence-corrected chi connectivity index (χ3v) is 5.66. The molecule has 4 rings (SSSR count). The second-order valence-corrected chi connectivity index (χ2v) is 9.02. The van der Waals surface area contributed by atoms with E-state index >= 15 is 0 Å². The van der Waals surface area contributed by atoms with Crippen LogP contribution in [0.2, 0.25) is 5.28 Å². The number of nitrogens with zero attached hydrogens (tertiary/aromatic N) is 3. The maximum Gasteiger partial charge on any atom is 0.226 e. The molecule has 0 saturated carbocycles. The molecule has 0 radical (unpaired) electrons. The minimum Gasteiger partial charge on any atom is -0.493 e. The molecule has 1 saturated heterocycles. The minimum atomic E-state index is -0.139. The predicted octanol–water partition coefficient (Wildman–Crippen LogP) is 4.88. The summed E-state index contributed by atoms with van der Waals surface area (Å²) >= 11 is 6.16. The first-order chi connectivity index (χ1) is 15.3. The van der Waals surface area contributed by atoms with Crippen LogP contribution in [0.15, 0.2) is 42.5 Å². The fourth-order valence-electron chi connectivity index (χ4n) is 3.89. The van der Waals surface area contributed by atoms with E-state index in [1.54, 1.807) is 26.4 Å². The molecule has 170 valence electrons. The van der Waals surface area contributed by atoms with E-state index in [1.165, 1.54) is 0 Å². The van der Waals surface area contributed by atoms with Crippen molar-refractivity contribution < 1.29 is 18.9 Å². The van der Waals surface area contributed by atoms with Gasteiger partial charge in [0.15, 0.2) is 11.5 Å². The van der Waals surface area contributed by atoms with Crippen LogP contribution in [-0.2, 0) is 4.74 Å². The summed E-state index contributed by atoms with van der Waals surface area (Å²) in [4.78, 5) is 10.9. The Kier molecular flexibility index (Phi) is 6.42. The first-order valence-electron chi connectivity index (χ1n) is 10.5. The quantitative estimate of drug-likeness (QED) is 0.489. The summed E-state index contributed by atoms with van der Waals surface area (Å²) in [6, 6.07) is 13.8. The number of halogens is 1. The highest BCUT2D eigenvalue weighted by Crippen LogP contribution is 2.38. The molecule has 0 N–H and O–H groups in total. The van der Waals surface area contributed by atoms with Crippen LogP contribution in [0.1, 0.15) is 32.6 Å². The smallest absolute Gasteiger partial charge is 0.226 e. The Hall–Kier alpha value is -2.61. The number of hydrogen-bond donors (Lipinski definition) is 0. The van der Waals surface area contributed by atoms with Gasteiger partial charge in [0.1, 0.15) is 18.9 Å². The number of hydrogen-bond acceptors (Lipinski definition) is 7. The first kappa shape index (κ1) is 22.6. The Labute approximate surface area is 193 Å². The topological polar surface area (TPSA) is 65.9 Å². The van der Waals surface area contributed by atoms with E-state index in [0.717, 1.165) is 12.1 Å². The predicted molar refractivity (Wildman–Crippen MR) is 124 cm³/mol. The third kappa shape index (κ3) is 4.60. The van der Waals surface area contributed by atoms with Gasteiger partial charge in [-0.2, -0.15) is 4.98 Å². The summed E-state index contributed by atoms with van der Waals surface area (Å²) in [5.41, 5.74) is 1.67. The zero-order valence-corrected chi connectivity index (χ0v) is 19.7.